The van der Waals surface area contributed by atoms with Crippen molar-refractivity contribution in [2.45, 2.75) is 25.9 Å². The van der Waals surface area contributed by atoms with Gasteiger partial charge in [-0.25, -0.2) is 4.39 Å². The van der Waals surface area contributed by atoms with Crippen LogP contribution in [0.15, 0.2) is 30.3 Å². The molecule has 0 saturated heterocycles. The highest BCUT2D eigenvalue weighted by atomic mass is 19.1. The molecule has 0 fully saturated rings. The molecule has 0 heterocycles. The summed E-state index contributed by atoms with van der Waals surface area (Å²) in [6, 6.07) is 9.18. The molecule has 78 valence electrons. The maximum absolute atomic E-state index is 14.4. The predicted molar refractivity (Wildman–Crippen MR) is 57.7 cm³/mol. The molecule has 0 bridgehead atoms. The van der Waals surface area contributed by atoms with E-state index in [1.54, 1.807) is 12.1 Å². The summed E-state index contributed by atoms with van der Waals surface area (Å²) in [4.78, 5) is 0. The third-order valence-electron chi connectivity index (χ3n) is 2.35. The van der Waals surface area contributed by atoms with Crippen LogP contribution in [0.3, 0.4) is 0 Å². The summed E-state index contributed by atoms with van der Waals surface area (Å²) in [6.07, 6.45) is 0.480. The van der Waals surface area contributed by atoms with Gasteiger partial charge in [0.2, 0.25) is 0 Å². The lowest BCUT2D eigenvalue weighted by atomic mass is 9.87. The minimum absolute atomic E-state index is 0.0508. The number of nitrogens with two attached hydrogens (primary N) is 1. The van der Waals surface area contributed by atoms with Crippen molar-refractivity contribution in [2.75, 3.05) is 6.54 Å². The fraction of sp³-hybridized carbons (Fsp3) is 0.500. The Labute approximate surface area is 85.1 Å². The van der Waals surface area contributed by atoms with Crippen molar-refractivity contribution in [3.05, 3.63) is 35.9 Å². The van der Waals surface area contributed by atoms with Crippen molar-refractivity contribution >= 4 is 0 Å². The summed E-state index contributed by atoms with van der Waals surface area (Å²) in [5.74, 6) is 0.309. The third-order valence-corrected chi connectivity index (χ3v) is 2.35. The first kappa shape index (κ1) is 11.2. The molecule has 1 rings (SSSR count). The van der Waals surface area contributed by atoms with Crippen molar-refractivity contribution in [1.29, 1.82) is 0 Å². The molecule has 0 amide bonds. The lowest BCUT2D eigenvalue weighted by Gasteiger charge is -2.26. The second-order valence-electron chi connectivity index (χ2n) is 4.13. The first-order valence-electron chi connectivity index (χ1n) is 5.03. The minimum atomic E-state index is -1.37. The molecular formula is C12H18FN. The predicted octanol–water partition coefficient (Wildman–Crippen LogP) is 2.86. The molecule has 14 heavy (non-hydrogen) atoms. The van der Waals surface area contributed by atoms with Crippen molar-refractivity contribution in [3.63, 3.8) is 0 Å². The first-order chi connectivity index (χ1) is 6.58. The molecule has 0 aromatic heterocycles. The monoisotopic (exact) mass is 195 g/mol. The molecule has 1 unspecified atom stereocenters. The molecule has 0 radical (unpaired) electrons. The Morgan fingerprint density at radius 2 is 1.86 bits per heavy atom. The minimum Gasteiger partial charge on any atom is -0.327 e. The molecule has 1 atom stereocenters. The van der Waals surface area contributed by atoms with Gasteiger partial charge in [0.15, 0.2) is 0 Å². The van der Waals surface area contributed by atoms with Crippen LogP contribution in [0.5, 0.6) is 0 Å². The van der Waals surface area contributed by atoms with Crippen LogP contribution < -0.4 is 5.73 Å². The van der Waals surface area contributed by atoms with Crippen molar-refractivity contribution in [1.82, 2.24) is 0 Å². The van der Waals surface area contributed by atoms with Crippen LogP contribution in [0.4, 0.5) is 4.39 Å². The fourth-order valence-electron chi connectivity index (χ4n) is 1.70. The van der Waals surface area contributed by atoms with E-state index in [-0.39, 0.29) is 6.54 Å². The van der Waals surface area contributed by atoms with E-state index in [2.05, 4.69) is 0 Å². The normalized spacial score (nSPS) is 15.5. The van der Waals surface area contributed by atoms with Gasteiger partial charge >= 0.3 is 0 Å². The number of hydrogen-bond donors (Lipinski definition) is 1. The Morgan fingerprint density at radius 3 is 2.29 bits per heavy atom. The van der Waals surface area contributed by atoms with Gasteiger partial charge in [-0.1, -0.05) is 44.2 Å². The molecule has 1 aromatic carbocycles. The number of halogens is 1. The molecule has 1 nitrogen and oxygen atoms in total. The fourth-order valence-corrected chi connectivity index (χ4v) is 1.70. The quantitative estimate of drug-likeness (QED) is 0.785. The van der Waals surface area contributed by atoms with Gasteiger partial charge in [0.1, 0.15) is 5.67 Å². The molecular weight excluding hydrogens is 177 g/mol. The molecule has 0 aliphatic carbocycles. The highest BCUT2D eigenvalue weighted by molar-refractivity contribution is 5.22. The Morgan fingerprint density at radius 1 is 1.29 bits per heavy atom. The Kier molecular flexibility index (Phi) is 3.64. The summed E-state index contributed by atoms with van der Waals surface area (Å²) in [5, 5.41) is 0. The number of hydrogen-bond acceptors (Lipinski definition) is 1. The van der Waals surface area contributed by atoms with Crippen LogP contribution in [0.25, 0.3) is 0 Å². The summed E-state index contributed by atoms with van der Waals surface area (Å²) < 4.78 is 14.4. The molecule has 2 N–H and O–H groups in total. The van der Waals surface area contributed by atoms with Crippen LogP contribution in [-0.2, 0) is 5.67 Å². The summed E-state index contributed by atoms with van der Waals surface area (Å²) >= 11 is 0. The van der Waals surface area contributed by atoms with Crippen molar-refractivity contribution in [3.8, 4) is 0 Å². The standard InChI is InChI=1S/C12H18FN/c1-10(2)8-12(13,9-14)11-6-4-3-5-7-11/h3-7,10H,8-9,14H2,1-2H3. The zero-order valence-electron chi connectivity index (χ0n) is 8.83. The van der Waals surface area contributed by atoms with Gasteiger partial charge in [0.05, 0.1) is 0 Å². The molecule has 0 aliphatic heterocycles. The van der Waals surface area contributed by atoms with Crippen LogP contribution in [0.2, 0.25) is 0 Å². The van der Waals surface area contributed by atoms with E-state index in [1.165, 1.54) is 0 Å². The van der Waals surface area contributed by atoms with Gasteiger partial charge in [0, 0.05) is 6.54 Å². The zero-order valence-corrected chi connectivity index (χ0v) is 8.83. The third kappa shape index (κ3) is 2.55. The maximum atomic E-state index is 14.4. The SMILES string of the molecule is CC(C)CC(F)(CN)c1ccccc1. The molecule has 0 spiro atoms. The molecule has 0 saturated carbocycles. The van der Waals surface area contributed by atoms with Gasteiger partial charge in [-0.2, -0.15) is 0 Å². The lowest BCUT2D eigenvalue weighted by molar-refractivity contribution is 0.140. The molecule has 1 aromatic rings. The zero-order chi connectivity index (χ0) is 10.6. The van der Waals surface area contributed by atoms with Crippen LogP contribution in [0, 0.1) is 5.92 Å². The average molecular weight is 195 g/mol. The van der Waals surface area contributed by atoms with Crippen LogP contribution in [0.1, 0.15) is 25.8 Å². The van der Waals surface area contributed by atoms with Crippen molar-refractivity contribution in [2.24, 2.45) is 11.7 Å². The lowest BCUT2D eigenvalue weighted by Crippen LogP contribution is -2.31. The van der Waals surface area contributed by atoms with Gasteiger partial charge in [-0.05, 0) is 17.9 Å². The number of benzene rings is 1. The van der Waals surface area contributed by atoms with E-state index in [9.17, 15) is 4.39 Å². The molecule has 2 heteroatoms. The van der Waals surface area contributed by atoms with Crippen LogP contribution in [-0.4, -0.2) is 6.54 Å². The topological polar surface area (TPSA) is 26.0 Å². The molecule has 0 aliphatic rings. The van der Waals surface area contributed by atoms with E-state index in [4.69, 9.17) is 5.73 Å². The largest absolute Gasteiger partial charge is 0.327 e. The summed E-state index contributed by atoms with van der Waals surface area (Å²) in [6.45, 7) is 4.06. The van der Waals surface area contributed by atoms with E-state index in [0.29, 0.717) is 17.9 Å². The van der Waals surface area contributed by atoms with E-state index < -0.39 is 5.67 Å². The van der Waals surface area contributed by atoms with Gasteiger partial charge in [-0.3, -0.25) is 0 Å². The van der Waals surface area contributed by atoms with Crippen LogP contribution >= 0.6 is 0 Å². The highest BCUT2D eigenvalue weighted by Gasteiger charge is 2.30. The number of alkyl halides is 1. The number of rotatable bonds is 4. The van der Waals surface area contributed by atoms with E-state index in [0.717, 1.165) is 0 Å². The van der Waals surface area contributed by atoms with Crippen molar-refractivity contribution < 1.29 is 4.39 Å². The van der Waals surface area contributed by atoms with Gasteiger partial charge in [0.25, 0.3) is 0 Å². The van der Waals surface area contributed by atoms with E-state index >= 15 is 0 Å². The van der Waals surface area contributed by atoms with Gasteiger partial charge < -0.3 is 5.73 Å². The summed E-state index contributed by atoms with van der Waals surface area (Å²) in [7, 11) is 0. The summed E-state index contributed by atoms with van der Waals surface area (Å²) in [5.41, 5.74) is 4.84. The second-order valence-corrected chi connectivity index (χ2v) is 4.13. The van der Waals surface area contributed by atoms with Gasteiger partial charge in [-0.15, -0.1) is 0 Å². The average Bonchev–Trinajstić information content (AvgIpc) is 2.18. The smallest absolute Gasteiger partial charge is 0.148 e. The first-order valence-corrected chi connectivity index (χ1v) is 5.03. The Bertz CT molecular complexity index is 271. The second kappa shape index (κ2) is 4.56. The Balaban J connectivity index is 2.90. The van der Waals surface area contributed by atoms with E-state index in [1.807, 2.05) is 32.0 Å². The highest BCUT2D eigenvalue weighted by Crippen LogP contribution is 2.31. The maximum Gasteiger partial charge on any atom is 0.148 e. The Hall–Kier alpha value is -0.890.